The van der Waals surface area contributed by atoms with Crippen molar-refractivity contribution < 1.29 is 4.74 Å². The standard InChI is InChI=1S/C13H15BrN2OS/c1-2-8-17-11-4-3-7-15-13(11)16-9-10-5-6-12(14)18-10/h3-7H,2,8-9H2,1H3,(H,15,16). The van der Waals surface area contributed by atoms with E-state index in [1.807, 2.05) is 12.1 Å². The van der Waals surface area contributed by atoms with E-state index in [9.17, 15) is 0 Å². The van der Waals surface area contributed by atoms with E-state index in [1.165, 1.54) is 4.88 Å². The first-order valence-corrected chi connectivity index (χ1v) is 7.46. The van der Waals surface area contributed by atoms with Crippen molar-refractivity contribution in [3.8, 4) is 5.75 Å². The van der Waals surface area contributed by atoms with Gasteiger partial charge < -0.3 is 10.1 Å². The molecule has 0 aromatic carbocycles. The van der Waals surface area contributed by atoms with Gasteiger partial charge in [0.15, 0.2) is 11.6 Å². The maximum atomic E-state index is 5.65. The van der Waals surface area contributed by atoms with Gasteiger partial charge >= 0.3 is 0 Å². The van der Waals surface area contributed by atoms with Gasteiger partial charge in [0.05, 0.1) is 16.9 Å². The molecule has 0 aliphatic heterocycles. The highest BCUT2D eigenvalue weighted by Crippen LogP contribution is 2.25. The van der Waals surface area contributed by atoms with Gasteiger partial charge in [0.2, 0.25) is 0 Å². The smallest absolute Gasteiger partial charge is 0.169 e. The van der Waals surface area contributed by atoms with Crippen LogP contribution in [0.5, 0.6) is 5.75 Å². The molecule has 3 nitrogen and oxygen atoms in total. The average molecular weight is 327 g/mol. The molecule has 2 aromatic rings. The summed E-state index contributed by atoms with van der Waals surface area (Å²) in [7, 11) is 0. The number of nitrogens with zero attached hydrogens (tertiary/aromatic N) is 1. The summed E-state index contributed by atoms with van der Waals surface area (Å²) in [4.78, 5) is 5.57. The molecule has 0 fully saturated rings. The van der Waals surface area contributed by atoms with E-state index in [4.69, 9.17) is 4.74 Å². The predicted molar refractivity (Wildman–Crippen MR) is 79.4 cm³/mol. The van der Waals surface area contributed by atoms with Crippen LogP contribution in [-0.4, -0.2) is 11.6 Å². The molecule has 0 spiro atoms. The van der Waals surface area contributed by atoms with Gasteiger partial charge in [-0.05, 0) is 46.6 Å². The molecule has 0 saturated carbocycles. The molecule has 0 aliphatic carbocycles. The zero-order valence-corrected chi connectivity index (χ0v) is 12.6. The molecule has 0 saturated heterocycles. The van der Waals surface area contributed by atoms with Gasteiger partial charge in [-0.2, -0.15) is 0 Å². The Kier molecular flexibility index (Phi) is 5.01. The first-order chi connectivity index (χ1) is 8.79. The average Bonchev–Trinajstić information content (AvgIpc) is 2.81. The number of hydrogen-bond donors (Lipinski definition) is 1. The molecule has 0 radical (unpaired) electrons. The van der Waals surface area contributed by atoms with Crippen molar-refractivity contribution in [3.63, 3.8) is 0 Å². The highest BCUT2D eigenvalue weighted by atomic mass is 79.9. The predicted octanol–water partition coefficient (Wildman–Crippen LogP) is 4.31. The molecule has 2 rings (SSSR count). The molecule has 2 aromatic heterocycles. The second-order valence-electron chi connectivity index (χ2n) is 3.76. The molecule has 1 N–H and O–H groups in total. The van der Waals surface area contributed by atoms with Crippen LogP contribution in [0.1, 0.15) is 18.2 Å². The summed E-state index contributed by atoms with van der Waals surface area (Å²) in [5.41, 5.74) is 0. The van der Waals surface area contributed by atoms with Crippen molar-refractivity contribution in [1.82, 2.24) is 4.98 Å². The minimum Gasteiger partial charge on any atom is -0.490 e. The van der Waals surface area contributed by atoms with Crippen molar-refractivity contribution in [2.75, 3.05) is 11.9 Å². The number of aromatic nitrogens is 1. The van der Waals surface area contributed by atoms with Gasteiger partial charge in [0.25, 0.3) is 0 Å². The van der Waals surface area contributed by atoms with Crippen molar-refractivity contribution in [3.05, 3.63) is 39.1 Å². The third-order valence-corrected chi connectivity index (χ3v) is 3.91. The number of pyridine rings is 1. The second-order valence-corrected chi connectivity index (χ2v) is 6.31. The third-order valence-electron chi connectivity index (χ3n) is 2.29. The summed E-state index contributed by atoms with van der Waals surface area (Å²) in [5, 5.41) is 3.31. The summed E-state index contributed by atoms with van der Waals surface area (Å²) in [6.45, 7) is 3.56. The number of halogens is 1. The van der Waals surface area contributed by atoms with Gasteiger partial charge in [-0.25, -0.2) is 4.98 Å². The van der Waals surface area contributed by atoms with Crippen LogP contribution in [0.4, 0.5) is 5.82 Å². The molecule has 18 heavy (non-hydrogen) atoms. The Hall–Kier alpha value is -1.07. The summed E-state index contributed by atoms with van der Waals surface area (Å²) in [5.74, 6) is 1.62. The highest BCUT2D eigenvalue weighted by Gasteiger charge is 2.04. The highest BCUT2D eigenvalue weighted by molar-refractivity contribution is 9.11. The van der Waals surface area contributed by atoms with E-state index in [0.29, 0.717) is 6.61 Å². The van der Waals surface area contributed by atoms with Crippen LogP contribution in [0.25, 0.3) is 0 Å². The maximum Gasteiger partial charge on any atom is 0.169 e. The van der Waals surface area contributed by atoms with Crippen molar-refractivity contribution in [2.45, 2.75) is 19.9 Å². The fraction of sp³-hybridized carbons (Fsp3) is 0.308. The number of nitrogens with one attached hydrogen (secondary N) is 1. The van der Waals surface area contributed by atoms with Crippen molar-refractivity contribution in [1.29, 1.82) is 0 Å². The Morgan fingerprint density at radius 2 is 2.28 bits per heavy atom. The zero-order valence-electron chi connectivity index (χ0n) is 10.1. The first-order valence-electron chi connectivity index (χ1n) is 5.85. The van der Waals surface area contributed by atoms with E-state index in [-0.39, 0.29) is 0 Å². The maximum absolute atomic E-state index is 5.65. The summed E-state index contributed by atoms with van der Waals surface area (Å²) < 4.78 is 6.79. The molecular formula is C13H15BrN2OS. The Balaban J connectivity index is 1.99. The van der Waals surface area contributed by atoms with Gasteiger partial charge in [0, 0.05) is 11.1 Å². The molecule has 0 aliphatic rings. The Bertz CT molecular complexity index is 501. The van der Waals surface area contributed by atoms with E-state index < -0.39 is 0 Å². The fourth-order valence-corrected chi connectivity index (χ4v) is 2.89. The number of ether oxygens (including phenoxy) is 1. The normalized spacial score (nSPS) is 10.3. The second kappa shape index (κ2) is 6.75. The minimum absolute atomic E-state index is 0.713. The molecule has 0 atom stereocenters. The van der Waals surface area contributed by atoms with Crippen LogP contribution in [0, 0.1) is 0 Å². The first kappa shape index (κ1) is 13.4. The molecule has 0 unspecified atom stereocenters. The lowest BCUT2D eigenvalue weighted by atomic mass is 10.4. The van der Waals surface area contributed by atoms with Crippen LogP contribution in [0.2, 0.25) is 0 Å². The lowest BCUT2D eigenvalue weighted by Crippen LogP contribution is -2.04. The van der Waals surface area contributed by atoms with Crippen LogP contribution in [0.15, 0.2) is 34.2 Å². The van der Waals surface area contributed by atoms with Crippen LogP contribution in [-0.2, 0) is 6.54 Å². The van der Waals surface area contributed by atoms with Gasteiger partial charge in [0.1, 0.15) is 0 Å². The van der Waals surface area contributed by atoms with E-state index in [1.54, 1.807) is 17.5 Å². The molecule has 0 bridgehead atoms. The topological polar surface area (TPSA) is 34.1 Å². The number of hydrogen-bond acceptors (Lipinski definition) is 4. The lowest BCUT2D eigenvalue weighted by molar-refractivity contribution is 0.318. The van der Waals surface area contributed by atoms with Crippen LogP contribution in [0.3, 0.4) is 0 Å². The quantitative estimate of drug-likeness (QED) is 0.859. The minimum atomic E-state index is 0.713. The summed E-state index contributed by atoms with van der Waals surface area (Å²) >= 11 is 5.17. The molecule has 2 heterocycles. The summed E-state index contributed by atoms with van der Waals surface area (Å²) in [6, 6.07) is 7.97. The molecule has 0 amide bonds. The molecular weight excluding hydrogens is 312 g/mol. The van der Waals surface area contributed by atoms with E-state index in [0.717, 1.165) is 28.3 Å². The Morgan fingerprint density at radius 1 is 1.39 bits per heavy atom. The Morgan fingerprint density at radius 3 is 3.00 bits per heavy atom. The van der Waals surface area contributed by atoms with Crippen molar-refractivity contribution >= 4 is 33.1 Å². The number of rotatable bonds is 6. The SMILES string of the molecule is CCCOc1cccnc1NCc1ccc(Br)s1. The monoisotopic (exact) mass is 326 g/mol. The van der Waals surface area contributed by atoms with E-state index in [2.05, 4.69) is 45.3 Å². The van der Waals surface area contributed by atoms with Gasteiger partial charge in [-0.1, -0.05) is 6.92 Å². The zero-order chi connectivity index (χ0) is 12.8. The van der Waals surface area contributed by atoms with E-state index >= 15 is 0 Å². The van der Waals surface area contributed by atoms with Gasteiger partial charge in [-0.15, -0.1) is 11.3 Å². The number of thiophene rings is 1. The lowest BCUT2D eigenvalue weighted by Gasteiger charge is -2.10. The fourth-order valence-electron chi connectivity index (χ4n) is 1.47. The Labute approximate surface area is 119 Å². The largest absolute Gasteiger partial charge is 0.490 e. The van der Waals surface area contributed by atoms with Crippen molar-refractivity contribution in [2.24, 2.45) is 0 Å². The third kappa shape index (κ3) is 3.71. The molecule has 5 heteroatoms. The van der Waals surface area contributed by atoms with Crippen LogP contribution >= 0.6 is 27.3 Å². The number of anilines is 1. The summed E-state index contributed by atoms with van der Waals surface area (Å²) in [6.07, 6.45) is 2.76. The van der Waals surface area contributed by atoms with Crippen LogP contribution < -0.4 is 10.1 Å². The van der Waals surface area contributed by atoms with Gasteiger partial charge in [-0.3, -0.25) is 0 Å². The molecule has 96 valence electrons.